The molecule has 0 heterocycles. The Balaban J connectivity index is 3.09. The van der Waals surface area contributed by atoms with E-state index in [1.165, 1.54) is 16.7 Å². The zero-order chi connectivity index (χ0) is 8.27. The molecule has 1 aromatic carbocycles. The number of hydrogen-bond donors (Lipinski definition) is 0. The quantitative estimate of drug-likeness (QED) is 0.562. The summed E-state index contributed by atoms with van der Waals surface area (Å²) in [5, 5.41) is 0. The molecule has 0 nitrogen and oxygen atoms in total. The van der Waals surface area contributed by atoms with Crippen molar-refractivity contribution in [1.82, 2.24) is 0 Å². The normalized spacial score (nSPS) is 9.64. The van der Waals surface area contributed by atoms with Gasteiger partial charge in [-0.1, -0.05) is 53.4 Å². The third-order valence-electron chi connectivity index (χ3n) is 1.75. The molecule has 0 spiro atoms. The molecule has 0 aromatic heterocycles. The Morgan fingerprint density at radius 3 is 2.73 bits per heavy atom. The van der Waals surface area contributed by atoms with Crippen molar-refractivity contribution in [2.24, 2.45) is 0 Å². The third-order valence-corrected chi connectivity index (χ3v) is 2.57. The lowest BCUT2D eigenvalue weighted by atomic mass is 10.1. The standard InChI is InChI=1S/C10H11I/c1-3-9-4-5-10(7-11)8(2)6-9/h3-6H,1,7H2,2H3. The summed E-state index contributed by atoms with van der Waals surface area (Å²) in [6.45, 7) is 5.87. The fourth-order valence-electron chi connectivity index (χ4n) is 0.996. The van der Waals surface area contributed by atoms with Crippen LogP contribution in [0, 0.1) is 6.92 Å². The van der Waals surface area contributed by atoms with Crippen LogP contribution < -0.4 is 0 Å². The van der Waals surface area contributed by atoms with Crippen molar-refractivity contribution in [3.8, 4) is 0 Å². The Morgan fingerprint density at radius 1 is 1.55 bits per heavy atom. The summed E-state index contributed by atoms with van der Waals surface area (Å²) < 4.78 is 1.08. The highest BCUT2D eigenvalue weighted by molar-refractivity contribution is 14.1. The zero-order valence-electron chi connectivity index (χ0n) is 6.60. The molecule has 0 fully saturated rings. The highest BCUT2D eigenvalue weighted by atomic mass is 127. The summed E-state index contributed by atoms with van der Waals surface area (Å²) in [6, 6.07) is 6.44. The maximum Gasteiger partial charge on any atom is 0.0249 e. The highest BCUT2D eigenvalue weighted by Crippen LogP contribution is 2.14. The fraction of sp³-hybridized carbons (Fsp3) is 0.200. The molecule has 1 rings (SSSR count). The first-order chi connectivity index (χ1) is 5.27. The molecule has 1 aromatic rings. The first kappa shape index (κ1) is 8.78. The van der Waals surface area contributed by atoms with Crippen LogP contribution in [0.15, 0.2) is 24.8 Å². The number of hydrogen-bond acceptors (Lipinski definition) is 0. The Kier molecular flexibility index (Phi) is 3.12. The molecule has 0 radical (unpaired) electrons. The minimum atomic E-state index is 1.08. The second kappa shape index (κ2) is 3.90. The van der Waals surface area contributed by atoms with Crippen LogP contribution in [-0.4, -0.2) is 0 Å². The van der Waals surface area contributed by atoms with E-state index in [0.717, 1.165) is 4.43 Å². The third kappa shape index (κ3) is 2.06. The molecule has 0 unspecified atom stereocenters. The van der Waals surface area contributed by atoms with Gasteiger partial charge in [-0.3, -0.25) is 0 Å². The molecule has 58 valence electrons. The van der Waals surface area contributed by atoms with Gasteiger partial charge in [0.25, 0.3) is 0 Å². The molecule has 0 atom stereocenters. The smallest absolute Gasteiger partial charge is 0.0249 e. The first-order valence-corrected chi connectivity index (χ1v) is 5.08. The minimum absolute atomic E-state index is 1.08. The van der Waals surface area contributed by atoms with E-state index < -0.39 is 0 Å². The molecule has 1 heteroatoms. The maximum atomic E-state index is 3.73. The second-order valence-corrected chi connectivity index (χ2v) is 3.29. The van der Waals surface area contributed by atoms with Gasteiger partial charge in [0.15, 0.2) is 0 Å². The van der Waals surface area contributed by atoms with Gasteiger partial charge in [-0.05, 0) is 23.6 Å². The van der Waals surface area contributed by atoms with Crippen molar-refractivity contribution < 1.29 is 0 Å². The summed E-state index contributed by atoms with van der Waals surface area (Å²) in [6.07, 6.45) is 1.88. The lowest BCUT2D eigenvalue weighted by molar-refractivity contribution is 1.33. The molecule has 0 amide bonds. The van der Waals surface area contributed by atoms with E-state index in [4.69, 9.17) is 0 Å². The number of alkyl halides is 1. The van der Waals surface area contributed by atoms with Crippen LogP contribution in [0.5, 0.6) is 0 Å². The molecule has 0 saturated carbocycles. The predicted octanol–water partition coefficient (Wildman–Crippen LogP) is 3.57. The van der Waals surface area contributed by atoms with Gasteiger partial charge >= 0.3 is 0 Å². The van der Waals surface area contributed by atoms with Crippen LogP contribution in [0.25, 0.3) is 6.08 Å². The van der Waals surface area contributed by atoms with E-state index in [9.17, 15) is 0 Å². The van der Waals surface area contributed by atoms with Crippen LogP contribution in [0.3, 0.4) is 0 Å². The Bertz CT molecular complexity index is 264. The number of halogens is 1. The van der Waals surface area contributed by atoms with Crippen molar-refractivity contribution >= 4 is 28.7 Å². The topological polar surface area (TPSA) is 0 Å². The van der Waals surface area contributed by atoms with Crippen molar-refractivity contribution in [3.63, 3.8) is 0 Å². The van der Waals surface area contributed by atoms with Gasteiger partial charge in [-0.25, -0.2) is 0 Å². The lowest BCUT2D eigenvalue weighted by Gasteiger charge is -2.01. The highest BCUT2D eigenvalue weighted by Gasteiger charge is 1.95. The van der Waals surface area contributed by atoms with Gasteiger partial charge in [-0.2, -0.15) is 0 Å². The van der Waals surface area contributed by atoms with E-state index in [1.807, 2.05) is 6.08 Å². The Morgan fingerprint density at radius 2 is 2.27 bits per heavy atom. The van der Waals surface area contributed by atoms with Gasteiger partial charge in [-0.15, -0.1) is 0 Å². The number of aryl methyl sites for hydroxylation is 1. The molecule has 0 aliphatic heterocycles. The largest absolute Gasteiger partial charge is 0.0985 e. The molecule has 0 aliphatic carbocycles. The average Bonchev–Trinajstić information content (AvgIpc) is 2.04. The molecule has 0 bridgehead atoms. The molecule has 0 aliphatic rings. The van der Waals surface area contributed by atoms with E-state index in [2.05, 4.69) is 54.3 Å². The van der Waals surface area contributed by atoms with Crippen LogP contribution in [0.4, 0.5) is 0 Å². The first-order valence-electron chi connectivity index (χ1n) is 3.56. The summed E-state index contributed by atoms with van der Waals surface area (Å²) in [7, 11) is 0. The number of benzene rings is 1. The van der Waals surface area contributed by atoms with Gasteiger partial charge in [0.05, 0.1) is 0 Å². The van der Waals surface area contributed by atoms with E-state index in [-0.39, 0.29) is 0 Å². The van der Waals surface area contributed by atoms with Gasteiger partial charge < -0.3 is 0 Å². The minimum Gasteiger partial charge on any atom is -0.0985 e. The Hall–Kier alpha value is -0.310. The van der Waals surface area contributed by atoms with Gasteiger partial charge in [0.2, 0.25) is 0 Å². The summed E-state index contributed by atoms with van der Waals surface area (Å²) >= 11 is 2.38. The summed E-state index contributed by atoms with van der Waals surface area (Å²) in [4.78, 5) is 0. The molecule has 0 saturated heterocycles. The van der Waals surface area contributed by atoms with Crippen molar-refractivity contribution in [3.05, 3.63) is 41.5 Å². The van der Waals surface area contributed by atoms with Gasteiger partial charge in [0.1, 0.15) is 0 Å². The summed E-state index contributed by atoms with van der Waals surface area (Å²) in [5.74, 6) is 0. The summed E-state index contributed by atoms with van der Waals surface area (Å²) in [5.41, 5.74) is 3.98. The fourth-order valence-corrected chi connectivity index (χ4v) is 1.85. The van der Waals surface area contributed by atoms with Crippen LogP contribution in [-0.2, 0) is 4.43 Å². The monoisotopic (exact) mass is 258 g/mol. The average molecular weight is 258 g/mol. The van der Waals surface area contributed by atoms with E-state index in [0.29, 0.717) is 0 Å². The maximum absolute atomic E-state index is 3.73. The zero-order valence-corrected chi connectivity index (χ0v) is 8.76. The molecular weight excluding hydrogens is 247 g/mol. The van der Waals surface area contributed by atoms with Crippen molar-refractivity contribution in [2.45, 2.75) is 11.4 Å². The Labute approximate surface area is 81.5 Å². The van der Waals surface area contributed by atoms with Crippen LogP contribution in [0.2, 0.25) is 0 Å². The van der Waals surface area contributed by atoms with Crippen LogP contribution in [0.1, 0.15) is 16.7 Å². The van der Waals surface area contributed by atoms with Crippen molar-refractivity contribution in [2.75, 3.05) is 0 Å². The van der Waals surface area contributed by atoms with Gasteiger partial charge in [0, 0.05) is 4.43 Å². The van der Waals surface area contributed by atoms with Crippen molar-refractivity contribution in [1.29, 1.82) is 0 Å². The predicted molar refractivity (Wildman–Crippen MR) is 59.0 cm³/mol. The molecular formula is C10H11I. The molecule has 0 N–H and O–H groups in total. The number of rotatable bonds is 2. The van der Waals surface area contributed by atoms with E-state index >= 15 is 0 Å². The van der Waals surface area contributed by atoms with E-state index in [1.54, 1.807) is 0 Å². The van der Waals surface area contributed by atoms with Crippen LogP contribution >= 0.6 is 22.6 Å². The SMILES string of the molecule is C=Cc1ccc(CI)c(C)c1. The second-order valence-electron chi connectivity index (χ2n) is 2.52. The molecule has 11 heavy (non-hydrogen) atoms. The lowest BCUT2D eigenvalue weighted by Crippen LogP contribution is -1.84.